The smallest absolute Gasteiger partial charge is 0.191 e. The number of benzene rings is 3. The number of methoxy groups -OCH3 is 1. The van der Waals surface area contributed by atoms with Crippen LogP contribution in [0.2, 0.25) is 0 Å². The summed E-state index contributed by atoms with van der Waals surface area (Å²) in [6.07, 6.45) is -0.623. The molecule has 0 aliphatic carbocycles. The number of thioether (sulfide) groups is 1. The molecule has 4 rings (SSSR count). The first-order valence-corrected chi connectivity index (χ1v) is 10.6. The van der Waals surface area contributed by atoms with E-state index in [0.29, 0.717) is 5.75 Å². The molecule has 4 aromatic rings. The van der Waals surface area contributed by atoms with Crippen LogP contribution in [0.25, 0.3) is 22.2 Å². The van der Waals surface area contributed by atoms with E-state index in [2.05, 4.69) is 16.3 Å². The maximum atomic E-state index is 10.3. The van der Waals surface area contributed by atoms with Crippen LogP contribution in [0.3, 0.4) is 0 Å². The predicted octanol–water partition coefficient (Wildman–Crippen LogP) is 4.18. The third-order valence-corrected chi connectivity index (χ3v) is 5.92. The van der Waals surface area contributed by atoms with Gasteiger partial charge in [0.15, 0.2) is 11.0 Å². The molecule has 30 heavy (non-hydrogen) atoms. The minimum Gasteiger partial charge on any atom is -0.497 e. The van der Waals surface area contributed by atoms with E-state index in [1.165, 1.54) is 11.8 Å². The van der Waals surface area contributed by atoms with Crippen LogP contribution in [0.4, 0.5) is 0 Å². The molecule has 0 bridgehead atoms. The molecule has 0 saturated carbocycles. The van der Waals surface area contributed by atoms with Gasteiger partial charge in [-0.1, -0.05) is 42.1 Å². The summed E-state index contributed by atoms with van der Waals surface area (Å²) in [5.74, 6) is 2.77. The molecule has 1 atom stereocenters. The van der Waals surface area contributed by atoms with Crippen LogP contribution in [0.1, 0.15) is 0 Å². The lowest BCUT2D eigenvalue weighted by molar-refractivity contribution is 0.126. The zero-order valence-electron chi connectivity index (χ0n) is 16.9. The minimum atomic E-state index is -0.623. The van der Waals surface area contributed by atoms with E-state index in [-0.39, 0.29) is 6.61 Å². The van der Waals surface area contributed by atoms with Gasteiger partial charge in [0, 0.05) is 18.4 Å². The van der Waals surface area contributed by atoms with Gasteiger partial charge in [-0.3, -0.25) is 0 Å². The van der Waals surface area contributed by atoms with Gasteiger partial charge in [-0.05, 0) is 47.2 Å². The van der Waals surface area contributed by atoms with E-state index in [1.807, 2.05) is 72.3 Å². The Kier molecular flexibility index (Phi) is 6.21. The third-order valence-electron chi connectivity index (χ3n) is 4.75. The summed E-state index contributed by atoms with van der Waals surface area (Å²) in [7, 11) is 3.56. The SMILES string of the molecule is COc1ccc(-c2nnc(SCC(O)COc3ccc4ccccc4c3)n2C)cc1. The Balaban J connectivity index is 1.33. The maximum absolute atomic E-state index is 10.3. The molecule has 7 heteroatoms. The van der Waals surface area contributed by atoms with Crippen molar-refractivity contribution in [2.45, 2.75) is 11.3 Å². The van der Waals surface area contributed by atoms with Crippen LogP contribution in [-0.4, -0.2) is 45.4 Å². The molecule has 0 amide bonds. The van der Waals surface area contributed by atoms with E-state index in [1.54, 1.807) is 7.11 Å². The molecule has 0 saturated heterocycles. The summed E-state index contributed by atoms with van der Waals surface area (Å²) >= 11 is 1.45. The Morgan fingerprint density at radius 2 is 1.70 bits per heavy atom. The average molecular weight is 422 g/mol. The molecule has 154 valence electrons. The van der Waals surface area contributed by atoms with Crippen molar-refractivity contribution >= 4 is 22.5 Å². The van der Waals surface area contributed by atoms with Crippen molar-refractivity contribution in [2.24, 2.45) is 7.05 Å². The highest BCUT2D eigenvalue weighted by Gasteiger charge is 2.14. The minimum absolute atomic E-state index is 0.217. The number of rotatable bonds is 8. The number of aliphatic hydroxyl groups is 1. The van der Waals surface area contributed by atoms with Gasteiger partial charge in [0.2, 0.25) is 0 Å². The van der Waals surface area contributed by atoms with Crippen molar-refractivity contribution in [2.75, 3.05) is 19.5 Å². The van der Waals surface area contributed by atoms with E-state index in [9.17, 15) is 5.11 Å². The van der Waals surface area contributed by atoms with Gasteiger partial charge in [0.05, 0.1) is 13.2 Å². The normalized spacial score (nSPS) is 12.1. The van der Waals surface area contributed by atoms with E-state index in [0.717, 1.165) is 38.8 Å². The number of ether oxygens (including phenoxy) is 2. The number of hydrogen-bond acceptors (Lipinski definition) is 6. The fourth-order valence-corrected chi connectivity index (χ4v) is 3.92. The molecule has 0 fully saturated rings. The topological polar surface area (TPSA) is 69.4 Å². The quantitative estimate of drug-likeness (QED) is 0.431. The van der Waals surface area contributed by atoms with E-state index >= 15 is 0 Å². The fraction of sp³-hybridized carbons (Fsp3) is 0.217. The van der Waals surface area contributed by atoms with Crippen LogP contribution >= 0.6 is 11.8 Å². The summed E-state index contributed by atoms with van der Waals surface area (Å²) in [5.41, 5.74) is 0.956. The van der Waals surface area contributed by atoms with Crippen LogP contribution in [-0.2, 0) is 7.05 Å². The lowest BCUT2D eigenvalue weighted by atomic mass is 10.1. The van der Waals surface area contributed by atoms with Crippen LogP contribution in [0.5, 0.6) is 11.5 Å². The van der Waals surface area contributed by atoms with Crippen molar-refractivity contribution in [3.8, 4) is 22.9 Å². The molecule has 0 radical (unpaired) electrons. The standard InChI is InChI=1S/C23H23N3O3S/c1-26-22(17-8-10-20(28-2)11-9-17)24-25-23(26)30-15-19(27)14-29-21-12-7-16-5-3-4-6-18(16)13-21/h3-13,19,27H,14-15H2,1-2H3. The molecule has 1 heterocycles. The summed E-state index contributed by atoms with van der Waals surface area (Å²) < 4.78 is 12.9. The van der Waals surface area contributed by atoms with Gasteiger partial charge in [-0.15, -0.1) is 10.2 Å². The Bertz CT molecular complexity index is 1130. The summed E-state index contributed by atoms with van der Waals surface area (Å²) in [4.78, 5) is 0. The van der Waals surface area contributed by atoms with Gasteiger partial charge in [-0.2, -0.15) is 0 Å². The second kappa shape index (κ2) is 9.19. The van der Waals surface area contributed by atoms with Crippen molar-refractivity contribution in [3.05, 3.63) is 66.7 Å². The molecular weight excluding hydrogens is 398 g/mol. The average Bonchev–Trinajstić information content (AvgIpc) is 3.16. The Morgan fingerprint density at radius 1 is 0.967 bits per heavy atom. The second-order valence-corrected chi connectivity index (χ2v) is 7.87. The third kappa shape index (κ3) is 4.58. The van der Waals surface area contributed by atoms with Crippen molar-refractivity contribution in [3.63, 3.8) is 0 Å². The summed E-state index contributed by atoms with van der Waals surface area (Å²) in [5, 5.41) is 21.9. The first kappa shape index (κ1) is 20.3. The molecule has 0 aliphatic heterocycles. The number of nitrogens with zero attached hydrogens (tertiary/aromatic N) is 3. The molecular formula is C23H23N3O3S. The van der Waals surface area contributed by atoms with Gasteiger partial charge >= 0.3 is 0 Å². The second-order valence-electron chi connectivity index (χ2n) is 6.88. The van der Waals surface area contributed by atoms with Crippen molar-refractivity contribution in [1.82, 2.24) is 14.8 Å². The fourth-order valence-electron chi connectivity index (χ4n) is 3.10. The van der Waals surface area contributed by atoms with Gasteiger partial charge in [0.25, 0.3) is 0 Å². The lowest BCUT2D eigenvalue weighted by Crippen LogP contribution is -2.20. The zero-order chi connectivity index (χ0) is 20.9. The first-order valence-electron chi connectivity index (χ1n) is 9.60. The molecule has 1 aromatic heterocycles. The highest BCUT2D eigenvalue weighted by atomic mass is 32.2. The van der Waals surface area contributed by atoms with Gasteiger partial charge in [0.1, 0.15) is 18.1 Å². The molecule has 1 N–H and O–H groups in total. The van der Waals surface area contributed by atoms with Crippen molar-refractivity contribution in [1.29, 1.82) is 0 Å². The number of hydrogen-bond donors (Lipinski definition) is 1. The zero-order valence-corrected chi connectivity index (χ0v) is 17.7. The molecule has 6 nitrogen and oxygen atoms in total. The van der Waals surface area contributed by atoms with E-state index < -0.39 is 6.10 Å². The number of aromatic nitrogens is 3. The number of fused-ring (bicyclic) bond motifs is 1. The van der Waals surface area contributed by atoms with Crippen LogP contribution in [0.15, 0.2) is 71.9 Å². The summed E-state index contributed by atoms with van der Waals surface area (Å²) in [6.45, 7) is 0.217. The molecule has 1 unspecified atom stereocenters. The summed E-state index contributed by atoms with van der Waals surface area (Å²) in [6, 6.07) is 21.7. The monoisotopic (exact) mass is 421 g/mol. The Hall–Kier alpha value is -3.03. The first-order chi connectivity index (χ1) is 14.6. The Labute approximate surface area is 179 Å². The Morgan fingerprint density at radius 3 is 2.47 bits per heavy atom. The number of aliphatic hydroxyl groups excluding tert-OH is 1. The largest absolute Gasteiger partial charge is 0.497 e. The van der Waals surface area contributed by atoms with E-state index in [4.69, 9.17) is 9.47 Å². The highest BCUT2D eigenvalue weighted by Crippen LogP contribution is 2.25. The van der Waals surface area contributed by atoms with Gasteiger partial charge in [-0.25, -0.2) is 0 Å². The maximum Gasteiger partial charge on any atom is 0.191 e. The highest BCUT2D eigenvalue weighted by molar-refractivity contribution is 7.99. The predicted molar refractivity (Wildman–Crippen MR) is 119 cm³/mol. The van der Waals surface area contributed by atoms with Crippen molar-refractivity contribution < 1.29 is 14.6 Å². The van der Waals surface area contributed by atoms with Crippen LogP contribution in [0, 0.1) is 0 Å². The molecule has 0 spiro atoms. The lowest BCUT2D eigenvalue weighted by Gasteiger charge is -2.12. The molecule has 0 aliphatic rings. The van der Waals surface area contributed by atoms with Gasteiger partial charge < -0.3 is 19.1 Å². The van der Waals surface area contributed by atoms with Crippen LogP contribution < -0.4 is 9.47 Å². The molecule has 3 aromatic carbocycles.